The Morgan fingerprint density at radius 3 is 2.62 bits per heavy atom. The van der Waals surface area contributed by atoms with E-state index in [1.165, 1.54) is 0 Å². The number of aromatic nitrogens is 5. The highest BCUT2D eigenvalue weighted by Gasteiger charge is 2.07. The van der Waals surface area contributed by atoms with Gasteiger partial charge in [-0.3, -0.25) is 0 Å². The Morgan fingerprint density at radius 2 is 1.95 bits per heavy atom. The first kappa shape index (κ1) is 15.2. The molecular formula is C13H21N7O. The largest absolute Gasteiger partial charge is 0.385 e. The molecule has 2 N–H and O–H groups in total. The minimum absolute atomic E-state index is 0.491. The Kier molecular flexibility index (Phi) is 5.89. The molecule has 0 aliphatic rings. The summed E-state index contributed by atoms with van der Waals surface area (Å²) in [4.78, 5) is 13.0. The van der Waals surface area contributed by atoms with Crippen LogP contribution >= 0.6 is 0 Å². The maximum atomic E-state index is 5.02. The third-order valence-corrected chi connectivity index (χ3v) is 2.73. The standard InChI is InChI=1S/C13H21N7O/c1-3-14-11-17-12(15-7-4-5-10-21-2)19-13(18-11)20-9-6-8-16-20/h6,8-9H,3-5,7,10H2,1-2H3,(H2,14,15,17,18,19). The monoisotopic (exact) mass is 291 g/mol. The van der Waals surface area contributed by atoms with Crippen molar-refractivity contribution in [2.75, 3.05) is 37.4 Å². The lowest BCUT2D eigenvalue weighted by atomic mass is 10.3. The summed E-state index contributed by atoms with van der Waals surface area (Å²) in [5.41, 5.74) is 0. The number of rotatable bonds is 9. The third kappa shape index (κ3) is 4.67. The van der Waals surface area contributed by atoms with Crippen molar-refractivity contribution < 1.29 is 4.74 Å². The van der Waals surface area contributed by atoms with Gasteiger partial charge in [0.1, 0.15) is 0 Å². The van der Waals surface area contributed by atoms with Crippen LogP contribution in [-0.2, 0) is 4.74 Å². The SMILES string of the molecule is CCNc1nc(NCCCCOC)nc(-n2cccn2)n1. The van der Waals surface area contributed by atoms with E-state index in [4.69, 9.17) is 4.74 Å². The summed E-state index contributed by atoms with van der Waals surface area (Å²) in [5.74, 6) is 1.58. The Morgan fingerprint density at radius 1 is 1.14 bits per heavy atom. The summed E-state index contributed by atoms with van der Waals surface area (Å²) in [6.07, 6.45) is 5.48. The highest BCUT2D eigenvalue weighted by molar-refractivity contribution is 5.37. The second-order valence-electron chi connectivity index (χ2n) is 4.39. The number of hydrogen-bond donors (Lipinski definition) is 2. The van der Waals surface area contributed by atoms with Gasteiger partial charge in [-0.2, -0.15) is 20.1 Å². The number of nitrogens with zero attached hydrogens (tertiary/aromatic N) is 5. The Hall–Kier alpha value is -2.22. The maximum absolute atomic E-state index is 5.02. The first-order valence-corrected chi connectivity index (χ1v) is 7.06. The molecule has 0 saturated carbocycles. The topological polar surface area (TPSA) is 89.8 Å². The number of methoxy groups -OCH3 is 1. The van der Waals surface area contributed by atoms with Gasteiger partial charge in [0, 0.05) is 39.2 Å². The van der Waals surface area contributed by atoms with E-state index >= 15 is 0 Å². The average Bonchev–Trinajstić information content (AvgIpc) is 3.01. The Balaban J connectivity index is 2.05. The normalized spacial score (nSPS) is 10.6. The molecule has 0 fully saturated rings. The fourth-order valence-corrected chi connectivity index (χ4v) is 1.74. The smallest absolute Gasteiger partial charge is 0.257 e. The molecule has 0 saturated heterocycles. The summed E-state index contributed by atoms with van der Waals surface area (Å²) in [6.45, 7) is 4.29. The summed E-state index contributed by atoms with van der Waals surface area (Å²) in [5, 5.41) is 10.4. The summed E-state index contributed by atoms with van der Waals surface area (Å²) < 4.78 is 6.63. The molecule has 2 rings (SSSR count). The van der Waals surface area contributed by atoms with Crippen molar-refractivity contribution >= 4 is 11.9 Å². The molecule has 2 aromatic rings. The minimum atomic E-state index is 0.491. The molecular weight excluding hydrogens is 270 g/mol. The molecule has 2 aromatic heterocycles. The van der Waals surface area contributed by atoms with Gasteiger partial charge >= 0.3 is 0 Å². The lowest BCUT2D eigenvalue weighted by Crippen LogP contribution is -2.13. The van der Waals surface area contributed by atoms with Gasteiger partial charge in [0.2, 0.25) is 11.9 Å². The van der Waals surface area contributed by atoms with Gasteiger partial charge < -0.3 is 15.4 Å². The average molecular weight is 291 g/mol. The highest BCUT2D eigenvalue weighted by Crippen LogP contribution is 2.08. The van der Waals surface area contributed by atoms with Crippen LogP contribution in [0, 0.1) is 0 Å². The van der Waals surface area contributed by atoms with Crippen LogP contribution in [0.15, 0.2) is 18.5 Å². The molecule has 21 heavy (non-hydrogen) atoms. The number of hydrogen-bond acceptors (Lipinski definition) is 7. The summed E-state index contributed by atoms with van der Waals surface area (Å²) in [6, 6.07) is 1.83. The van der Waals surface area contributed by atoms with E-state index < -0.39 is 0 Å². The zero-order valence-electron chi connectivity index (χ0n) is 12.4. The van der Waals surface area contributed by atoms with Crippen LogP contribution in [0.4, 0.5) is 11.9 Å². The van der Waals surface area contributed by atoms with Crippen molar-refractivity contribution in [2.45, 2.75) is 19.8 Å². The molecule has 114 valence electrons. The van der Waals surface area contributed by atoms with Crippen molar-refractivity contribution in [3.05, 3.63) is 18.5 Å². The van der Waals surface area contributed by atoms with Crippen LogP contribution in [-0.4, -0.2) is 51.5 Å². The fourth-order valence-electron chi connectivity index (χ4n) is 1.74. The van der Waals surface area contributed by atoms with Gasteiger partial charge in [-0.1, -0.05) is 0 Å². The zero-order valence-corrected chi connectivity index (χ0v) is 12.4. The predicted octanol–water partition coefficient (Wildman–Crippen LogP) is 1.33. The molecule has 0 aliphatic heterocycles. The molecule has 0 spiro atoms. The van der Waals surface area contributed by atoms with E-state index in [1.807, 2.05) is 13.0 Å². The molecule has 0 aromatic carbocycles. The summed E-state index contributed by atoms with van der Waals surface area (Å²) in [7, 11) is 1.71. The van der Waals surface area contributed by atoms with Gasteiger partial charge in [0.15, 0.2) is 0 Å². The molecule has 0 unspecified atom stereocenters. The number of unbranched alkanes of at least 4 members (excludes halogenated alkanes) is 1. The number of ether oxygens (including phenoxy) is 1. The van der Waals surface area contributed by atoms with Crippen molar-refractivity contribution in [2.24, 2.45) is 0 Å². The zero-order chi connectivity index (χ0) is 14.9. The van der Waals surface area contributed by atoms with Crippen LogP contribution in [0.2, 0.25) is 0 Å². The van der Waals surface area contributed by atoms with E-state index in [-0.39, 0.29) is 0 Å². The van der Waals surface area contributed by atoms with Gasteiger partial charge in [0.25, 0.3) is 5.95 Å². The second kappa shape index (κ2) is 8.15. The van der Waals surface area contributed by atoms with Crippen LogP contribution in [0.5, 0.6) is 0 Å². The molecule has 0 atom stereocenters. The van der Waals surface area contributed by atoms with Gasteiger partial charge in [-0.25, -0.2) is 4.68 Å². The van der Waals surface area contributed by atoms with E-state index in [0.717, 1.165) is 32.5 Å². The first-order valence-electron chi connectivity index (χ1n) is 7.06. The maximum Gasteiger partial charge on any atom is 0.257 e. The quantitative estimate of drug-likeness (QED) is 0.673. The molecule has 0 radical (unpaired) electrons. The molecule has 8 heteroatoms. The Bertz CT molecular complexity index is 529. The van der Waals surface area contributed by atoms with Crippen molar-refractivity contribution in [1.29, 1.82) is 0 Å². The molecule has 0 aliphatic carbocycles. The number of nitrogens with one attached hydrogen (secondary N) is 2. The lowest BCUT2D eigenvalue weighted by Gasteiger charge is -2.09. The third-order valence-electron chi connectivity index (χ3n) is 2.73. The van der Waals surface area contributed by atoms with Gasteiger partial charge in [-0.15, -0.1) is 0 Å². The van der Waals surface area contributed by atoms with Crippen LogP contribution in [0.3, 0.4) is 0 Å². The van der Waals surface area contributed by atoms with Crippen LogP contribution in [0.1, 0.15) is 19.8 Å². The van der Waals surface area contributed by atoms with Crippen molar-refractivity contribution in [3.8, 4) is 5.95 Å². The number of anilines is 2. The highest BCUT2D eigenvalue weighted by atomic mass is 16.5. The van der Waals surface area contributed by atoms with Gasteiger partial charge in [-0.05, 0) is 25.8 Å². The van der Waals surface area contributed by atoms with Crippen LogP contribution in [0.25, 0.3) is 5.95 Å². The molecule has 2 heterocycles. The predicted molar refractivity (Wildman–Crippen MR) is 80.7 cm³/mol. The van der Waals surface area contributed by atoms with Gasteiger partial charge in [0.05, 0.1) is 0 Å². The fraction of sp³-hybridized carbons (Fsp3) is 0.538. The molecule has 0 bridgehead atoms. The van der Waals surface area contributed by atoms with E-state index in [0.29, 0.717) is 17.8 Å². The second-order valence-corrected chi connectivity index (χ2v) is 4.39. The van der Waals surface area contributed by atoms with E-state index in [2.05, 4.69) is 30.7 Å². The van der Waals surface area contributed by atoms with Crippen molar-refractivity contribution in [3.63, 3.8) is 0 Å². The lowest BCUT2D eigenvalue weighted by molar-refractivity contribution is 0.193. The minimum Gasteiger partial charge on any atom is -0.385 e. The Labute approximate surface area is 124 Å². The molecule has 8 nitrogen and oxygen atoms in total. The molecule has 0 amide bonds. The van der Waals surface area contributed by atoms with E-state index in [1.54, 1.807) is 24.2 Å². The summed E-state index contributed by atoms with van der Waals surface area (Å²) >= 11 is 0. The first-order chi connectivity index (χ1) is 10.3. The van der Waals surface area contributed by atoms with Crippen molar-refractivity contribution in [1.82, 2.24) is 24.7 Å². The van der Waals surface area contributed by atoms with Crippen LogP contribution < -0.4 is 10.6 Å². The van der Waals surface area contributed by atoms with E-state index in [9.17, 15) is 0 Å².